The van der Waals surface area contributed by atoms with Crippen LogP contribution in [0.25, 0.3) is 0 Å². The van der Waals surface area contributed by atoms with Crippen molar-refractivity contribution in [3.63, 3.8) is 0 Å². The lowest BCUT2D eigenvalue weighted by Crippen LogP contribution is -2.25. The van der Waals surface area contributed by atoms with Crippen LogP contribution in [0.1, 0.15) is 36.5 Å². The van der Waals surface area contributed by atoms with Crippen molar-refractivity contribution in [2.24, 2.45) is 5.73 Å². The Kier molecular flexibility index (Phi) is 2.94. The number of hydrogen-bond donors (Lipinski definition) is 1. The van der Waals surface area contributed by atoms with Gasteiger partial charge in [-0.3, -0.25) is 0 Å². The largest absolute Gasteiger partial charge is 0.493 e. The Morgan fingerprint density at radius 2 is 2.00 bits per heavy atom. The highest BCUT2D eigenvalue weighted by Gasteiger charge is 2.38. The van der Waals surface area contributed by atoms with E-state index in [0.29, 0.717) is 0 Å². The summed E-state index contributed by atoms with van der Waals surface area (Å²) in [6.45, 7) is 6.99. The fraction of sp³-hybridized carbons (Fsp3) is 0.571. The van der Waals surface area contributed by atoms with Gasteiger partial charge in [-0.25, -0.2) is 0 Å². The third kappa shape index (κ3) is 2.22. The molecule has 0 radical (unpaired) electrons. The van der Waals surface area contributed by atoms with E-state index < -0.39 is 0 Å². The molecule has 16 heavy (non-hydrogen) atoms. The van der Waals surface area contributed by atoms with E-state index in [1.54, 1.807) is 0 Å². The molecule has 0 aromatic heterocycles. The Hall–Kier alpha value is -1.02. The van der Waals surface area contributed by atoms with Crippen molar-refractivity contribution in [3.05, 3.63) is 28.8 Å². The van der Waals surface area contributed by atoms with Gasteiger partial charge in [-0.05, 0) is 56.7 Å². The average Bonchev–Trinajstić information content (AvgIpc) is 2.96. The molecular weight excluding hydrogens is 198 g/mol. The molecule has 2 rings (SSSR count). The quantitative estimate of drug-likeness (QED) is 0.845. The second kappa shape index (κ2) is 4.10. The second-order valence-corrected chi connectivity index (χ2v) is 4.97. The van der Waals surface area contributed by atoms with Gasteiger partial charge in [-0.1, -0.05) is 12.1 Å². The minimum atomic E-state index is 0.0492. The molecule has 1 fully saturated rings. The summed E-state index contributed by atoms with van der Waals surface area (Å²) in [6.07, 6.45) is 3.24. The number of aryl methyl sites for hydroxylation is 1. The van der Waals surface area contributed by atoms with E-state index in [1.165, 1.54) is 16.7 Å². The number of hydrogen-bond acceptors (Lipinski definition) is 2. The van der Waals surface area contributed by atoms with Gasteiger partial charge in [0.05, 0.1) is 6.61 Å². The Labute approximate surface area is 97.8 Å². The van der Waals surface area contributed by atoms with Gasteiger partial charge in [0.2, 0.25) is 0 Å². The van der Waals surface area contributed by atoms with Crippen molar-refractivity contribution in [1.29, 1.82) is 0 Å². The predicted octanol–water partition coefficient (Wildman–Crippen LogP) is 2.74. The number of benzene rings is 1. The van der Waals surface area contributed by atoms with Crippen LogP contribution < -0.4 is 10.5 Å². The lowest BCUT2D eigenvalue weighted by atomic mass is 9.98. The van der Waals surface area contributed by atoms with Gasteiger partial charge >= 0.3 is 0 Å². The maximum atomic E-state index is 6.18. The molecule has 1 aliphatic rings. The van der Waals surface area contributed by atoms with E-state index in [9.17, 15) is 0 Å². The summed E-state index contributed by atoms with van der Waals surface area (Å²) in [6, 6.07) is 4.33. The van der Waals surface area contributed by atoms with Gasteiger partial charge < -0.3 is 10.5 Å². The molecule has 2 N–H and O–H groups in total. The first-order chi connectivity index (χ1) is 7.56. The van der Waals surface area contributed by atoms with Gasteiger partial charge in [-0.2, -0.15) is 0 Å². The Bertz CT molecular complexity index is 394. The highest BCUT2D eigenvalue weighted by atomic mass is 16.5. The first-order valence-electron chi connectivity index (χ1n) is 6.06. The Balaban J connectivity index is 2.31. The molecule has 0 aliphatic heterocycles. The van der Waals surface area contributed by atoms with Crippen LogP contribution in [0.5, 0.6) is 5.75 Å². The zero-order chi connectivity index (χ0) is 11.8. The fourth-order valence-electron chi connectivity index (χ4n) is 2.05. The van der Waals surface area contributed by atoms with E-state index in [-0.39, 0.29) is 5.54 Å². The van der Waals surface area contributed by atoms with Crippen LogP contribution in [0.15, 0.2) is 12.1 Å². The highest BCUT2D eigenvalue weighted by Crippen LogP contribution is 2.39. The molecule has 1 aromatic rings. The lowest BCUT2D eigenvalue weighted by Gasteiger charge is -2.17. The second-order valence-electron chi connectivity index (χ2n) is 4.97. The minimum Gasteiger partial charge on any atom is -0.493 e. The first-order valence-corrected chi connectivity index (χ1v) is 6.06. The van der Waals surface area contributed by atoms with Gasteiger partial charge in [-0.15, -0.1) is 0 Å². The van der Waals surface area contributed by atoms with E-state index in [2.05, 4.69) is 26.0 Å². The molecule has 1 saturated carbocycles. The van der Waals surface area contributed by atoms with Crippen LogP contribution in [0, 0.1) is 13.8 Å². The zero-order valence-corrected chi connectivity index (χ0v) is 10.5. The number of ether oxygens (including phenoxy) is 1. The molecule has 0 unspecified atom stereocenters. The smallest absolute Gasteiger partial charge is 0.125 e. The predicted molar refractivity (Wildman–Crippen MR) is 66.9 cm³/mol. The Morgan fingerprint density at radius 3 is 2.56 bits per heavy atom. The van der Waals surface area contributed by atoms with Crippen LogP contribution >= 0.6 is 0 Å². The number of rotatable bonds is 4. The SMILES string of the molecule is CCOc1c(CC2(N)CC2)ccc(C)c1C. The normalized spacial score (nSPS) is 17.2. The molecule has 0 atom stereocenters. The van der Waals surface area contributed by atoms with Crippen LogP contribution in [0.2, 0.25) is 0 Å². The molecular formula is C14H21NO. The summed E-state index contributed by atoms with van der Waals surface area (Å²) in [7, 11) is 0. The van der Waals surface area contributed by atoms with Gasteiger partial charge in [0.1, 0.15) is 5.75 Å². The molecule has 1 aliphatic carbocycles. The van der Waals surface area contributed by atoms with Gasteiger partial charge in [0, 0.05) is 5.54 Å². The van der Waals surface area contributed by atoms with Crippen LogP contribution in [-0.2, 0) is 6.42 Å². The van der Waals surface area contributed by atoms with Crippen molar-refractivity contribution in [3.8, 4) is 5.75 Å². The topological polar surface area (TPSA) is 35.2 Å². The highest BCUT2D eigenvalue weighted by molar-refractivity contribution is 5.46. The van der Waals surface area contributed by atoms with Crippen molar-refractivity contribution >= 4 is 0 Å². The number of nitrogens with two attached hydrogens (primary N) is 1. The van der Waals surface area contributed by atoms with Gasteiger partial charge in [0.15, 0.2) is 0 Å². The van der Waals surface area contributed by atoms with E-state index >= 15 is 0 Å². The van der Waals surface area contributed by atoms with E-state index in [0.717, 1.165) is 31.6 Å². The fourth-order valence-corrected chi connectivity index (χ4v) is 2.05. The van der Waals surface area contributed by atoms with Crippen LogP contribution in [-0.4, -0.2) is 12.1 Å². The van der Waals surface area contributed by atoms with E-state index in [4.69, 9.17) is 10.5 Å². The summed E-state index contributed by atoms with van der Waals surface area (Å²) in [4.78, 5) is 0. The zero-order valence-electron chi connectivity index (χ0n) is 10.5. The molecule has 2 heteroatoms. The van der Waals surface area contributed by atoms with Crippen LogP contribution in [0.3, 0.4) is 0 Å². The lowest BCUT2D eigenvalue weighted by molar-refractivity contribution is 0.332. The molecule has 0 spiro atoms. The molecule has 1 aromatic carbocycles. The third-order valence-electron chi connectivity index (χ3n) is 3.48. The molecule has 0 heterocycles. The maximum absolute atomic E-state index is 6.18. The molecule has 88 valence electrons. The molecule has 0 bridgehead atoms. The Morgan fingerprint density at radius 1 is 1.31 bits per heavy atom. The molecule has 0 amide bonds. The maximum Gasteiger partial charge on any atom is 0.125 e. The van der Waals surface area contributed by atoms with Crippen molar-refractivity contribution in [1.82, 2.24) is 0 Å². The van der Waals surface area contributed by atoms with Crippen molar-refractivity contribution in [2.45, 2.75) is 45.6 Å². The van der Waals surface area contributed by atoms with Crippen molar-refractivity contribution in [2.75, 3.05) is 6.61 Å². The molecule has 0 saturated heterocycles. The molecule has 2 nitrogen and oxygen atoms in total. The summed E-state index contributed by atoms with van der Waals surface area (Å²) in [5, 5.41) is 0. The minimum absolute atomic E-state index is 0.0492. The van der Waals surface area contributed by atoms with Crippen LogP contribution in [0.4, 0.5) is 0 Å². The average molecular weight is 219 g/mol. The summed E-state index contributed by atoms with van der Waals surface area (Å²) >= 11 is 0. The standard InChI is InChI=1S/C14H21NO/c1-4-16-13-11(3)10(2)5-6-12(13)9-14(15)7-8-14/h5-6H,4,7-9,15H2,1-3H3. The van der Waals surface area contributed by atoms with Gasteiger partial charge in [0.25, 0.3) is 0 Å². The first kappa shape index (κ1) is 11.5. The van der Waals surface area contributed by atoms with Crippen molar-refractivity contribution < 1.29 is 4.74 Å². The third-order valence-corrected chi connectivity index (χ3v) is 3.48. The van der Waals surface area contributed by atoms with E-state index in [1.807, 2.05) is 6.92 Å². The monoisotopic (exact) mass is 219 g/mol. The summed E-state index contributed by atoms with van der Waals surface area (Å²) in [5.74, 6) is 1.05. The summed E-state index contributed by atoms with van der Waals surface area (Å²) < 4.78 is 5.77. The summed E-state index contributed by atoms with van der Waals surface area (Å²) in [5.41, 5.74) is 10.0.